The molecule has 1 aromatic rings. The van der Waals surface area contributed by atoms with E-state index in [9.17, 15) is 0 Å². The first-order valence-corrected chi connectivity index (χ1v) is 7.26. The van der Waals surface area contributed by atoms with Gasteiger partial charge in [0.05, 0.1) is 0 Å². The summed E-state index contributed by atoms with van der Waals surface area (Å²) in [4.78, 5) is 11.0. The molecule has 0 saturated heterocycles. The molecule has 0 bridgehead atoms. The molecule has 0 amide bonds. The van der Waals surface area contributed by atoms with Gasteiger partial charge in [0.1, 0.15) is 5.82 Å². The zero-order valence-corrected chi connectivity index (χ0v) is 12.1. The minimum absolute atomic E-state index is 0.517. The molecular formula is C12H22N4S. The molecule has 1 N–H and O–H groups in total. The number of aryl methyl sites for hydroxylation is 1. The highest BCUT2D eigenvalue weighted by molar-refractivity contribution is 7.98. The van der Waals surface area contributed by atoms with E-state index in [1.54, 1.807) is 0 Å². The molecule has 0 aliphatic heterocycles. The maximum Gasteiger partial charge on any atom is 0.224 e. The van der Waals surface area contributed by atoms with Gasteiger partial charge >= 0.3 is 0 Å². The summed E-state index contributed by atoms with van der Waals surface area (Å²) in [5.41, 5.74) is 1.12. The Morgan fingerprint density at radius 2 is 2.24 bits per heavy atom. The van der Waals surface area contributed by atoms with Crippen molar-refractivity contribution < 1.29 is 0 Å². The van der Waals surface area contributed by atoms with Gasteiger partial charge in [-0.05, 0) is 19.6 Å². The third-order valence-electron chi connectivity index (χ3n) is 2.88. The molecule has 0 aromatic carbocycles. The Morgan fingerprint density at radius 1 is 1.53 bits per heavy atom. The number of hydrogen-bond donors (Lipinski definition) is 1. The van der Waals surface area contributed by atoms with Crippen LogP contribution < -0.4 is 10.2 Å². The highest BCUT2D eigenvalue weighted by Crippen LogP contribution is 2.21. The van der Waals surface area contributed by atoms with Crippen molar-refractivity contribution in [3.63, 3.8) is 0 Å². The number of nitrogens with zero attached hydrogens (tertiary/aromatic N) is 3. The van der Waals surface area contributed by atoms with Crippen LogP contribution in [0.3, 0.4) is 0 Å². The van der Waals surface area contributed by atoms with Gasteiger partial charge in [-0.3, -0.25) is 0 Å². The molecule has 0 saturated carbocycles. The first kappa shape index (κ1) is 14.1. The zero-order chi connectivity index (χ0) is 12.8. The lowest BCUT2D eigenvalue weighted by Crippen LogP contribution is -2.34. The van der Waals surface area contributed by atoms with Gasteiger partial charge in [-0.1, -0.05) is 6.92 Å². The van der Waals surface area contributed by atoms with Crippen molar-refractivity contribution in [3.05, 3.63) is 11.8 Å². The molecule has 0 spiro atoms. The average Bonchev–Trinajstić information content (AvgIpc) is 2.35. The van der Waals surface area contributed by atoms with E-state index in [-0.39, 0.29) is 0 Å². The van der Waals surface area contributed by atoms with Crippen LogP contribution in [-0.2, 0) is 0 Å². The Balaban J connectivity index is 2.96. The maximum atomic E-state index is 4.54. The van der Waals surface area contributed by atoms with Crippen molar-refractivity contribution >= 4 is 23.5 Å². The normalized spacial score (nSPS) is 12.3. The molecule has 1 aromatic heterocycles. The SMILES string of the molecule is CCC(CSC)N(C)c1nc(NC)ncc1C. The Hall–Kier alpha value is -0.970. The molecule has 1 unspecified atom stereocenters. The van der Waals surface area contributed by atoms with Gasteiger partial charge in [-0.2, -0.15) is 16.7 Å². The first-order valence-electron chi connectivity index (χ1n) is 5.87. The standard InChI is InChI=1S/C12H22N4S/c1-6-10(8-17-5)16(4)11-9(2)7-14-12(13-3)15-11/h7,10H,6,8H2,1-5H3,(H,13,14,15). The van der Waals surface area contributed by atoms with E-state index in [2.05, 4.69) is 47.3 Å². The quantitative estimate of drug-likeness (QED) is 0.844. The van der Waals surface area contributed by atoms with Crippen molar-refractivity contribution in [3.8, 4) is 0 Å². The van der Waals surface area contributed by atoms with Gasteiger partial charge in [0.15, 0.2) is 0 Å². The van der Waals surface area contributed by atoms with Crippen LogP contribution in [0.2, 0.25) is 0 Å². The van der Waals surface area contributed by atoms with Crippen LogP contribution in [0.25, 0.3) is 0 Å². The molecule has 1 rings (SSSR count). The number of nitrogens with one attached hydrogen (secondary N) is 1. The second kappa shape index (κ2) is 6.69. The van der Waals surface area contributed by atoms with Gasteiger partial charge in [0, 0.05) is 37.7 Å². The molecule has 0 aliphatic carbocycles. The summed E-state index contributed by atoms with van der Waals surface area (Å²) in [6.07, 6.45) is 5.13. The number of anilines is 2. The summed E-state index contributed by atoms with van der Waals surface area (Å²) in [7, 11) is 3.95. The lowest BCUT2D eigenvalue weighted by molar-refractivity contribution is 0.663. The topological polar surface area (TPSA) is 41.1 Å². The Labute approximate surface area is 108 Å². The van der Waals surface area contributed by atoms with E-state index < -0.39 is 0 Å². The van der Waals surface area contributed by atoms with Crippen molar-refractivity contribution in [2.45, 2.75) is 26.3 Å². The Morgan fingerprint density at radius 3 is 2.76 bits per heavy atom. The zero-order valence-electron chi connectivity index (χ0n) is 11.3. The number of aromatic nitrogens is 2. The van der Waals surface area contributed by atoms with Crippen molar-refractivity contribution in [1.82, 2.24) is 9.97 Å². The van der Waals surface area contributed by atoms with Crippen LogP contribution in [0.5, 0.6) is 0 Å². The summed E-state index contributed by atoms with van der Waals surface area (Å²) >= 11 is 1.87. The largest absolute Gasteiger partial charge is 0.357 e. The van der Waals surface area contributed by atoms with Gasteiger partial charge in [-0.25, -0.2) is 4.98 Å². The Bertz CT molecular complexity index is 356. The van der Waals surface area contributed by atoms with E-state index in [1.165, 1.54) is 0 Å². The van der Waals surface area contributed by atoms with Gasteiger partial charge in [0.2, 0.25) is 5.95 Å². The van der Waals surface area contributed by atoms with E-state index in [0.29, 0.717) is 12.0 Å². The van der Waals surface area contributed by atoms with Crippen molar-refractivity contribution in [2.24, 2.45) is 0 Å². The van der Waals surface area contributed by atoms with Gasteiger partial charge in [0.25, 0.3) is 0 Å². The maximum absolute atomic E-state index is 4.54. The lowest BCUT2D eigenvalue weighted by atomic mass is 10.2. The number of rotatable bonds is 6. The molecule has 0 aliphatic rings. The van der Waals surface area contributed by atoms with Gasteiger partial charge < -0.3 is 10.2 Å². The summed E-state index contributed by atoms with van der Waals surface area (Å²) in [5.74, 6) is 2.81. The molecule has 0 fully saturated rings. The summed E-state index contributed by atoms with van der Waals surface area (Å²) in [5, 5.41) is 2.98. The van der Waals surface area contributed by atoms with Crippen molar-refractivity contribution in [2.75, 3.05) is 36.3 Å². The third-order valence-corrected chi connectivity index (χ3v) is 3.60. The van der Waals surface area contributed by atoms with Crippen LogP contribution in [0.15, 0.2) is 6.20 Å². The summed E-state index contributed by atoms with van der Waals surface area (Å²) < 4.78 is 0. The molecule has 1 atom stereocenters. The Kier molecular flexibility index (Phi) is 5.55. The summed E-state index contributed by atoms with van der Waals surface area (Å²) in [6, 6.07) is 0.517. The van der Waals surface area contributed by atoms with Crippen LogP contribution in [0.1, 0.15) is 18.9 Å². The molecule has 5 heteroatoms. The second-order valence-corrected chi connectivity index (χ2v) is 4.99. The van der Waals surface area contributed by atoms with Crippen LogP contribution >= 0.6 is 11.8 Å². The minimum Gasteiger partial charge on any atom is -0.357 e. The average molecular weight is 254 g/mol. The highest BCUT2D eigenvalue weighted by Gasteiger charge is 2.16. The molecule has 1 heterocycles. The lowest BCUT2D eigenvalue weighted by Gasteiger charge is -2.29. The smallest absolute Gasteiger partial charge is 0.224 e. The van der Waals surface area contributed by atoms with E-state index in [1.807, 2.05) is 25.0 Å². The molecule has 0 radical (unpaired) electrons. The number of hydrogen-bond acceptors (Lipinski definition) is 5. The molecule has 17 heavy (non-hydrogen) atoms. The van der Waals surface area contributed by atoms with Crippen LogP contribution in [0, 0.1) is 6.92 Å². The van der Waals surface area contributed by atoms with E-state index >= 15 is 0 Å². The highest BCUT2D eigenvalue weighted by atomic mass is 32.2. The fourth-order valence-electron chi connectivity index (χ4n) is 1.78. The fraction of sp³-hybridized carbons (Fsp3) is 0.667. The minimum atomic E-state index is 0.517. The summed E-state index contributed by atoms with van der Waals surface area (Å²) in [6.45, 7) is 4.27. The predicted molar refractivity (Wildman–Crippen MR) is 77.2 cm³/mol. The van der Waals surface area contributed by atoms with Crippen LogP contribution in [-0.4, -0.2) is 42.1 Å². The predicted octanol–water partition coefficient (Wildman–Crippen LogP) is 2.40. The number of thioether (sulfide) groups is 1. The molecule has 96 valence electrons. The monoisotopic (exact) mass is 254 g/mol. The van der Waals surface area contributed by atoms with Crippen molar-refractivity contribution in [1.29, 1.82) is 0 Å². The second-order valence-electron chi connectivity index (χ2n) is 4.08. The fourth-order valence-corrected chi connectivity index (χ4v) is 2.62. The van der Waals surface area contributed by atoms with Gasteiger partial charge in [-0.15, -0.1) is 0 Å². The molecule has 4 nitrogen and oxygen atoms in total. The van der Waals surface area contributed by atoms with E-state index in [4.69, 9.17) is 0 Å². The van der Waals surface area contributed by atoms with Crippen LogP contribution in [0.4, 0.5) is 11.8 Å². The van der Waals surface area contributed by atoms with E-state index in [0.717, 1.165) is 23.6 Å². The first-order chi connectivity index (χ1) is 8.13. The molecular weight excluding hydrogens is 232 g/mol. The third kappa shape index (κ3) is 3.49.